The molecule has 0 spiro atoms. The van der Waals surface area contributed by atoms with Gasteiger partial charge in [-0.25, -0.2) is 4.79 Å². The zero-order chi connectivity index (χ0) is 26.3. The molecule has 34 heavy (non-hydrogen) atoms. The Morgan fingerprint density at radius 2 is 1.76 bits per heavy atom. The highest BCUT2D eigenvalue weighted by molar-refractivity contribution is 6.74. The fraction of sp³-hybridized carbons (Fsp3) is 0.800. The number of alkyl carbamates (subject to hydrolysis) is 1. The van der Waals surface area contributed by atoms with E-state index < -0.39 is 38.0 Å². The van der Waals surface area contributed by atoms with Crippen LogP contribution in [-0.2, 0) is 18.8 Å². The Bertz CT molecular complexity index is 727. The predicted octanol–water partition coefficient (Wildman–Crippen LogP) is 4.49. The smallest absolute Gasteiger partial charge is 0.408 e. The lowest BCUT2D eigenvalue weighted by atomic mass is 10.1. The minimum absolute atomic E-state index is 0.00110. The Balaban J connectivity index is 3.02. The Labute approximate surface area is 207 Å². The number of rotatable bonds is 11. The van der Waals surface area contributed by atoms with E-state index in [9.17, 15) is 14.4 Å². The first-order valence-corrected chi connectivity index (χ1v) is 15.3. The molecule has 0 aromatic rings. The number of ether oxygens (including phenoxy) is 1. The summed E-state index contributed by atoms with van der Waals surface area (Å²) >= 11 is 0. The molecule has 9 heteroatoms. The summed E-state index contributed by atoms with van der Waals surface area (Å²) in [4.78, 5) is 39.8. The molecule has 0 aromatic heterocycles. The monoisotopic (exact) mass is 497 g/mol. The Kier molecular flexibility index (Phi) is 10.8. The first kappa shape index (κ1) is 30.2. The van der Waals surface area contributed by atoms with Gasteiger partial charge in [0, 0.05) is 13.0 Å². The van der Waals surface area contributed by atoms with Crippen molar-refractivity contribution in [1.82, 2.24) is 10.2 Å². The number of nitrogens with two attached hydrogens (primary N) is 1. The van der Waals surface area contributed by atoms with Crippen LogP contribution in [0.15, 0.2) is 12.7 Å². The SMILES string of the molecule is C=CCCCCC[C@H](NC(=O)OC(C)(C)C)C(=O)N1C[C@H](O[Si](C)(C)C(C)(C)C)C[C@H]1C(N)=O. The molecule has 3 N–H and O–H groups in total. The zero-order valence-electron chi connectivity index (χ0n) is 22.5. The number of nitrogens with one attached hydrogen (secondary N) is 1. The topological polar surface area (TPSA) is 111 Å². The first-order valence-electron chi connectivity index (χ1n) is 12.4. The molecule has 0 unspecified atom stereocenters. The standard InChI is InChI=1S/C25H47N3O5Si/c1-10-11-12-13-14-15-19(27-23(31)32-24(2,3)4)22(30)28-17-18(16-20(28)21(26)29)33-34(8,9)25(5,6)7/h10,18-20H,1,11-17H2,2-9H3,(H2,26,29)(H,27,31)/t18-,19+,20+/m1/s1. The van der Waals surface area contributed by atoms with Gasteiger partial charge in [0.25, 0.3) is 0 Å². The summed E-state index contributed by atoms with van der Waals surface area (Å²) in [6.07, 6.45) is 5.29. The number of primary amides is 1. The normalized spacial score (nSPS) is 20.1. The largest absolute Gasteiger partial charge is 0.444 e. The lowest BCUT2D eigenvalue weighted by molar-refractivity contribution is -0.139. The molecule has 1 fully saturated rings. The number of allylic oxidation sites excluding steroid dienone is 1. The van der Waals surface area contributed by atoms with Gasteiger partial charge >= 0.3 is 6.09 Å². The molecule has 0 saturated carbocycles. The third kappa shape index (κ3) is 9.41. The second kappa shape index (κ2) is 12.2. The summed E-state index contributed by atoms with van der Waals surface area (Å²) in [5.74, 6) is -0.878. The molecule has 3 amide bonds. The Morgan fingerprint density at radius 1 is 1.15 bits per heavy atom. The second-order valence-electron chi connectivity index (χ2n) is 11.8. The molecular weight excluding hydrogens is 450 g/mol. The molecule has 1 aliphatic rings. The number of hydrogen-bond acceptors (Lipinski definition) is 5. The van der Waals surface area contributed by atoms with Crippen LogP contribution in [0.1, 0.15) is 80.1 Å². The van der Waals surface area contributed by atoms with Crippen molar-refractivity contribution in [3.63, 3.8) is 0 Å². The van der Waals surface area contributed by atoms with E-state index in [4.69, 9.17) is 14.9 Å². The van der Waals surface area contributed by atoms with Gasteiger partial charge in [0.1, 0.15) is 17.7 Å². The van der Waals surface area contributed by atoms with Gasteiger partial charge < -0.3 is 25.1 Å². The van der Waals surface area contributed by atoms with Crippen LogP contribution in [0.3, 0.4) is 0 Å². The number of likely N-dealkylation sites (tertiary alicyclic amines) is 1. The number of nitrogens with zero attached hydrogens (tertiary/aromatic N) is 1. The lowest BCUT2D eigenvalue weighted by Gasteiger charge is -2.38. The summed E-state index contributed by atoms with van der Waals surface area (Å²) in [7, 11) is -2.10. The maximum absolute atomic E-state index is 13.6. The first-order chi connectivity index (χ1) is 15.5. The lowest BCUT2D eigenvalue weighted by Crippen LogP contribution is -2.53. The second-order valence-corrected chi connectivity index (χ2v) is 16.5. The maximum atomic E-state index is 13.6. The minimum Gasteiger partial charge on any atom is -0.444 e. The van der Waals surface area contributed by atoms with Crippen molar-refractivity contribution in [3.8, 4) is 0 Å². The Morgan fingerprint density at radius 3 is 2.26 bits per heavy atom. The van der Waals surface area contributed by atoms with Crippen LogP contribution in [0.4, 0.5) is 4.79 Å². The summed E-state index contributed by atoms with van der Waals surface area (Å²) in [5, 5.41) is 2.73. The van der Waals surface area contributed by atoms with E-state index in [2.05, 4.69) is 45.8 Å². The van der Waals surface area contributed by atoms with Gasteiger partial charge in [-0.05, 0) is 58.2 Å². The number of carbonyl (C=O) groups excluding carboxylic acids is 3. The van der Waals surface area contributed by atoms with Crippen molar-refractivity contribution in [2.45, 2.75) is 122 Å². The van der Waals surface area contributed by atoms with Gasteiger partial charge in [0.05, 0.1) is 6.10 Å². The zero-order valence-corrected chi connectivity index (χ0v) is 23.5. The van der Waals surface area contributed by atoms with E-state index in [1.165, 1.54) is 4.90 Å². The van der Waals surface area contributed by atoms with E-state index in [1.54, 1.807) is 20.8 Å². The molecular formula is C25H47N3O5Si. The van der Waals surface area contributed by atoms with Crippen LogP contribution < -0.4 is 11.1 Å². The average molecular weight is 498 g/mol. The highest BCUT2D eigenvalue weighted by Gasteiger charge is 2.46. The third-order valence-corrected chi connectivity index (χ3v) is 11.1. The summed E-state index contributed by atoms with van der Waals surface area (Å²) in [6.45, 7) is 20.1. The fourth-order valence-corrected chi connectivity index (χ4v) is 5.07. The maximum Gasteiger partial charge on any atom is 0.408 e. The van der Waals surface area contributed by atoms with Gasteiger partial charge in [-0.1, -0.05) is 39.7 Å². The molecule has 0 bridgehead atoms. The van der Waals surface area contributed by atoms with Crippen LogP contribution >= 0.6 is 0 Å². The summed E-state index contributed by atoms with van der Waals surface area (Å²) in [6, 6.07) is -1.56. The molecule has 8 nitrogen and oxygen atoms in total. The molecule has 0 aromatic carbocycles. The van der Waals surface area contributed by atoms with E-state index in [-0.39, 0.29) is 23.6 Å². The number of hydrogen-bond donors (Lipinski definition) is 2. The average Bonchev–Trinajstić information content (AvgIpc) is 3.07. The highest BCUT2D eigenvalue weighted by atomic mass is 28.4. The van der Waals surface area contributed by atoms with Crippen molar-refractivity contribution < 1.29 is 23.5 Å². The van der Waals surface area contributed by atoms with Gasteiger partial charge in [0.2, 0.25) is 11.8 Å². The van der Waals surface area contributed by atoms with Crippen molar-refractivity contribution in [3.05, 3.63) is 12.7 Å². The van der Waals surface area contributed by atoms with Crippen molar-refractivity contribution in [2.75, 3.05) is 6.54 Å². The van der Waals surface area contributed by atoms with E-state index >= 15 is 0 Å². The number of carbonyl (C=O) groups is 3. The predicted molar refractivity (Wildman–Crippen MR) is 138 cm³/mol. The molecule has 0 radical (unpaired) electrons. The van der Waals surface area contributed by atoms with E-state index in [0.29, 0.717) is 12.8 Å². The van der Waals surface area contributed by atoms with Crippen LogP contribution in [0, 0.1) is 0 Å². The van der Waals surface area contributed by atoms with Crippen LogP contribution in [0.25, 0.3) is 0 Å². The molecule has 1 saturated heterocycles. The van der Waals surface area contributed by atoms with Gasteiger partial charge in [0.15, 0.2) is 8.32 Å². The minimum atomic E-state index is -2.10. The van der Waals surface area contributed by atoms with Crippen LogP contribution in [-0.4, -0.2) is 61.5 Å². The van der Waals surface area contributed by atoms with Crippen molar-refractivity contribution >= 4 is 26.2 Å². The molecule has 1 aliphatic heterocycles. The van der Waals surface area contributed by atoms with Crippen LogP contribution in [0.5, 0.6) is 0 Å². The third-order valence-electron chi connectivity index (χ3n) is 6.53. The highest BCUT2D eigenvalue weighted by Crippen LogP contribution is 2.39. The van der Waals surface area contributed by atoms with Gasteiger partial charge in [-0.3, -0.25) is 9.59 Å². The molecule has 1 heterocycles. The van der Waals surface area contributed by atoms with Gasteiger partial charge in [-0.2, -0.15) is 0 Å². The van der Waals surface area contributed by atoms with Crippen molar-refractivity contribution in [1.29, 1.82) is 0 Å². The molecule has 3 atom stereocenters. The number of amides is 3. The molecule has 1 rings (SSSR count). The quantitative estimate of drug-likeness (QED) is 0.248. The van der Waals surface area contributed by atoms with Gasteiger partial charge in [-0.15, -0.1) is 6.58 Å². The van der Waals surface area contributed by atoms with E-state index in [0.717, 1.165) is 25.7 Å². The summed E-state index contributed by atoms with van der Waals surface area (Å²) < 4.78 is 11.9. The Hall–Kier alpha value is -1.87. The van der Waals surface area contributed by atoms with E-state index in [1.807, 2.05) is 6.08 Å². The molecule has 196 valence electrons. The van der Waals surface area contributed by atoms with Crippen molar-refractivity contribution in [2.24, 2.45) is 5.73 Å². The number of unbranched alkanes of at least 4 members (excludes halogenated alkanes) is 3. The summed E-state index contributed by atoms with van der Waals surface area (Å²) in [5.41, 5.74) is 4.99. The van der Waals surface area contributed by atoms with Crippen LogP contribution in [0.2, 0.25) is 18.1 Å². The molecule has 0 aliphatic carbocycles. The fourth-order valence-electron chi connectivity index (χ4n) is 3.71.